The molecule has 0 unspecified atom stereocenters. The molecule has 29 heavy (non-hydrogen) atoms. The van der Waals surface area contributed by atoms with E-state index in [-0.39, 0.29) is 12.3 Å². The Morgan fingerprint density at radius 2 is 1.48 bits per heavy atom. The predicted octanol–water partition coefficient (Wildman–Crippen LogP) is 4.20. The van der Waals surface area contributed by atoms with Gasteiger partial charge in [-0.3, -0.25) is 0 Å². The van der Waals surface area contributed by atoms with Gasteiger partial charge in [-0.2, -0.15) is 30.2 Å². The van der Waals surface area contributed by atoms with Gasteiger partial charge in [-0.05, 0) is 66.8 Å². The third kappa shape index (κ3) is 4.26. The van der Waals surface area contributed by atoms with Crippen LogP contribution in [0.1, 0.15) is 29.5 Å². The normalized spacial score (nSPS) is 18.6. The van der Waals surface area contributed by atoms with Gasteiger partial charge < -0.3 is 4.74 Å². The fourth-order valence-electron chi connectivity index (χ4n) is 3.70. The smallest absolute Gasteiger partial charge is 0.416 e. The SMILES string of the molecule is O=S(=O)(N1CCCC1)N1CCc2ccc(Oc3ccc(C(F)(F)F)cc3)cc2C1. The van der Waals surface area contributed by atoms with E-state index in [1.54, 1.807) is 12.1 Å². The van der Waals surface area contributed by atoms with Crippen molar-refractivity contribution in [2.75, 3.05) is 19.6 Å². The maximum Gasteiger partial charge on any atom is 0.416 e. The lowest BCUT2D eigenvalue weighted by atomic mass is 10.0. The predicted molar refractivity (Wildman–Crippen MR) is 102 cm³/mol. The van der Waals surface area contributed by atoms with Crippen molar-refractivity contribution >= 4 is 10.2 Å². The van der Waals surface area contributed by atoms with E-state index in [4.69, 9.17) is 4.74 Å². The van der Waals surface area contributed by atoms with Crippen molar-refractivity contribution in [3.63, 3.8) is 0 Å². The fourth-order valence-corrected chi connectivity index (χ4v) is 5.37. The van der Waals surface area contributed by atoms with Crippen molar-refractivity contribution in [2.45, 2.75) is 32.0 Å². The van der Waals surface area contributed by atoms with Crippen molar-refractivity contribution in [1.29, 1.82) is 0 Å². The van der Waals surface area contributed by atoms with Crippen LogP contribution in [0.2, 0.25) is 0 Å². The van der Waals surface area contributed by atoms with Gasteiger partial charge in [0.05, 0.1) is 5.56 Å². The number of fused-ring (bicyclic) bond motifs is 1. The van der Waals surface area contributed by atoms with E-state index in [2.05, 4.69) is 0 Å². The van der Waals surface area contributed by atoms with Gasteiger partial charge in [0.1, 0.15) is 11.5 Å². The summed E-state index contributed by atoms with van der Waals surface area (Å²) in [6.07, 6.45) is -2.01. The highest BCUT2D eigenvalue weighted by Crippen LogP contribution is 2.33. The second-order valence-corrected chi connectivity index (χ2v) is 9.18. The Hall–Kier alpha value is -2.10. The summed E-state index contributed by atoms with van der Waals surface area (Å²) >= 11 is 0. The van der Waals surface area contributed by atoms with Gasteiger partial charge in [-0.25, -0.2) is 0 Å². The highest BCUT2D eigenvalue weighted by Gasteiger charge is 2.34. The molecule has 0 N–H and O–H groups in total. The molecule has 0 aromatic heterocycles. The maximum absolute atomic E-state index is 12.8. The van der Waals surface area contributed by atoms with E-state index in [1.165, 1.54) is 20.7 Å². The van der Waals surface area contributed by atoms with Crippen LogP contribution < -0.4 is 4.74 Å². The standard InChI is InChI=1S/C20H21F3N2O3S/c21-20(22,23)17-4-7-18(8-5-17)28-19-6-3-15-9-12-25(14-16(15)13-19)29(26,27)24-10-1-2-11-24/h3-8,13H,1-2,9-12,14H2. The average molecular weight is 426 g/mol. The number of ether oxygens (including phenoxy) is 1. The Labute approximate surface area is 167 Å². The van der Waals surface area contributed by atoms with Crippen LogP contribution >= 0.6 is 0 Å². The third-order valence-corrected chi connectivity index (χ3v) is 7.27. The highest BCUT2D eigenvalue weighted by molar-refractivity contribution is 7.86. The molecule has 0 spiro atoms. The molecule has 0 aliphatic carbocycles. The van der Waals surface area contributed by atoms with Gasteiger partial charge >= 0.3 is 6.18 Å². The third-order valence-electron chi connectivity index (χ3n) is 5.29. The summed E-state index contributed by atoms with van der Waals surface area (Å²) in [6, 6.07) is 9.88. The van der Waals surface area contributed by atoms with Crippen LogP contribution in [-0.4, -0.2) is 36.7 Å². The molecule has 1 saturated heterocycles. The van der Waals surface area contributed by atoms with Crippen molar-refractivity contribution in [3.8, 4) is 11.5 Å². The average Bonchev–Trinajstić information content (AvgIpc) is 3.23. The molecule has 5 nitrogen and oxygen atoms in total. The quantitative estimate of drug-likeness (QED) is 0.737. The van der Waals surface area contributed by atoms with Gasteiger partial charge in [0, 0.05) is 26.2 Å². The molecule has 2 aliphatic heterocycles. The summed E-state index contributed by atoms with van der Waals surface area (Å²) in [7, 11) is -3.48. The summed E-state index contributed by atoms with van der Waals surface area (Å²) in [4.78, 5) is 0. The molecule has 156 valence electrons. The molecular formula is C20H21F3N2O3S. The first-order valence-corrected chi connectivity index (χ1v) is 10.9. The summed E-state index contributed by atoms with van der Waals surface area (Å²) in [5.74, 6) is 0.749. The number of rotatable bonds is 4. The van der Waals surface area contributed by atoms with E-state index in [0.29, 0.717) is 31.8 Å². The number of nitrogens with zero attached hydrogens (tertiary/aromatic N) is 2. The lowest BCUT2D eigenvalue weighted by Gasteiger charge is -2.31. The molecule has 2 aliphatic rings. The van der Waals surface area contributed by atoms with Crippen LogP contribution in [0.4, 0.5) is 13.2 Å². The van der Waals surface area contributed by atoms with Crippen molar-refractivity contribution in [3.05, 3.63) is 59.2 Å². The van der Waals surface area contributed by atoms with Crippen LogP contribution in [0.5, 0.6) is 11.5 Å². The number of hydrogen-bond acceptors (Lipinski definition) is 3. The Kier molecular flexibility index (Phi) is 5.30. The zero-order valence-corrected chi connectivity index (χ0v) is 16.5. The Bertz CT molecular complexity index is 985. The van der Waals surface area contributed by atoms with E-state index in [0.717, 1.165) is 36.1 Å². The van der Waals surface area contributed by atoms with Gasteiger partial charge in [-0.1, -0.05) is 6.07 Å². The molecule has 0 bridgehead atoms. The monoisotopic (exact) mass is 426 g/mol. The molecular weight excluding hydrogens is 405 g/mol. The lowest BCUT2D eigenvalue weighted by Crippen LogP contribution is -2.44. The van der Waals surface area contributed by atoms with Crippen molar-refractivity contribution in [1.82, 2.24) is 8.61 Å². The number of hydrogen-bond donors (Lipinski definition) is 0. The van der Waals surface area contributed by atoms with Crippen LogP contribution in [0.3, 0.4) is 0 Å². The van der Waals surface area contributed by atoms with Crippen LogP contribution in [0, 0.1) is 0 Å². The molecule has 0 saturated carbocycles. The fraction of sp³-hybridized carbons (Fsp3) is 0.400. The zero-order valence-electron chi connectivity index (χ0n) is 15.7. The van der Waals surface area contributed by atoms with Gasteiger partial charge in [0.15, 0.2) is 0 Å². The highest BCUT2D eigenvalue weighted by atomic mass is 32.2. The Morgan fingerprint density at radius 1 is 0.828 bits per heavy atom. The molecule has 2 heterocycles. The molecule has 2 aromatic rings. The lowest BCUT2D eigenvalue weighted by molar-refractivity contribution is -0.137. The summed E-state index contributed by atoms with van der Waals surface area (Å²) in [5.41, 5.74) is 1.17. The molecule has 0 amide bonds. The van der Waals surface area contributed by atoms with Crippen molar-refractivity contribution in [2.24, 2.45) is 0 Å². The molecule has 9 heteroatoms. The number of alkyl halides is 3. The summed E-state index contributed by atoms with van der Waals surface area (Å²) < 4.78 is 72.4. The van der Waals surface area contributed by atoms with Gasteiger partial charge in [0.2, 0.25) is 0 Å². The molecule has 2 aromatic carbocycles. The molecule has 0 radical (unpaired) electrons. The molecule has 1 fully saturated rings. The van der Waals surface area contributed by atoms with Gasteiger partial charge in [0.25, 0.3) is 10.2 Å². The largest absolute Gasteiger partial charge is 0.457 e. The molecule has 0 atom stereocenters. The second kappa shape index (κ2) is 7.62. The summed E-state index contributed by atoms with van der Waals surface area (Å²) in [6.45, 7) is 1.81. The minimum atomic E-state index is -4.39. The Morgan fingerprint density at radius 3 is 2.14 bits per heavy atom. The van der Waals surface area contributed by atoms with E-state index in [1.807, 2.05) is 6.07 Å². The first kappa shape index (κ1) is 20.2. The van der Waals surface area contributed by atoms with E-state index < -0.39 is 21.9 Å². The van der Waals surface area contributed by atoms with E-state index in [9.17, 15) is 21.6 Å². The second-order valence-electron chi connectivity index (χ2n) is 7.25. The summed E-state index contributed by atoms with van der Waals surface area (Å²) in [5, 5.41) is 0. The topological polar surface area (TPSA) is 49.9 Å². The first-order valence-electron chi connectivity index (χ1n) is 9.46. The maximum atomic E-state index is 12.8. The van der Waals surface area contributed by atoms with Crippen LogP contribution in [0.15, 0.2) is 42.5 Å². The number of benzene rings is 2. The first-order chi connectivity index (χ1) is 13.7. The van der Waals surface area contributed by atoms with Crippen LogP contribution in [0.25, 0.3) is 0 Å². The zero-order chi connectivity index (χ0) is 20.6. The minimum Gasteiger partial charge on any atom is -0.457 e. The Balaban J connectivity index is 1.50. The van der Waals surface area contributed by atoms with Gasteiger partial charge in [-0.15, -0.1) is 0 Å². The molecule has 4 rings (SSSR count). The van der Waals surface area contributed by atoms with E-state index >= 15 is 0 Å². The number of halogens is 3. The van der Waals surface area contributed by atoms with Crippen LogP contribution in [-0.2, 0) is 29.4 Å². The van der Waals surface area contributed by atoms with Crippen molar-refractivity contribution < 1.29 is 26.3 Å². The minimum absolute atomic E-state index is 0.262.